The van der Waals surface area contributed by atoms with E-state index in [9.17, 15) is 18.3 Å². The molecule has 1 amide bonds. The number of amides is 1. The quantitative estimate of drug-likeness (QED) is 0.372. The standard InChI is InChI=1S/C23H22ClN3O5S/c1-16-7-10-19(11-8-16)33(30,31)27(18-9-12-22(32-2)20(24)13-18)15-23(29)26-25-14-17-5-3-4-6-21(17)28/h3-14,28H,15H2,1-2H3,(H,26,29)/b25-14-. The summed E-state index contributed by atoms with van der Waals surface area (Å²) in [5.74, 6) is -0.332. The summed E-state index contributed by atoms with van der Waals surface area (Å²) in [6.07, 6.45) is 1.26. The van der Waals surface area contributed by atoms with Crippen LogP contribution in [0.3, 0.4) is 0 Å². The molecule has 0 aliphatic rings. The number of carbonyl (C=O) groups is 1. The van der Waals surface area contributed by atoms with Gasteiger partial charge in [-0.3, -0.25) is 9.10 Å². The number of nitrogens with one attached hydrogen (secondary N) is 1. The Balaban J connectivity index is 1.90. The average Bonchev–Trinajstić information content (AvgIpc) is 2.79. The van der Waals surface area contributed by atoms with Crippen molar-refractivity contribution in [3.05, 3.63) is 82.9 Å². The van der Waals surface area contributed by atoms with E-state index >= 15 is 0 Å². The number of aryl methyl sites for hydroxylation is 1. The van der Waals surface area contributed by atoms with Crippen LogP contribution in [0.2, 0.25) is 5.02 Å². The van der Waals surface area contributed by atoms with Crippen LogP contribution in [-0.2, 0) is 14.8 Å². The van der Waals surface area contributed by atoms with Gasteiger partial charge in [0.2, 0.25) is 0 Å². The van der Waals surface area contributed by atoms with E-state index in [-0.39, 0.29) is 21.4 Å². The van der Waals surface area contributed by atoms with Crippen molar-refractivity contribution in [1.29, 1.82) is 0 Å². The van der Waals surface area contributed by atoms with Gasteiger partial charge in [-0.15, -0.1) is 0 Å². The van der Waals surface area contributed by atoms with Gasteiger partial charge in [0.15, 0.2) is 0 Å². The van der Waals surface area contributed by atoms with Gasteiger partial charge in [-0.1, -0.05) is 41.4 Å². The van der Waals surface area contributed by atoms with E-state index < -0.39 is 22.5 Å². The summed E-state index contributed by atoms with van der Waals surface area (Å²) in [6.45, 7) is 1.28. The third-order valence-electron chi connectivity index (χ3n) is 4.65. The molecule has 3 aromatic rings. The minimum Gasteiger partial charge on any atom is -0.507 e. The first kappa shape index (κ1) is 24.1. The molecule has 0 aromatic heterocycles. The molecule has 0 saturated heterocycles. The van der Waals surface area contributed by atoms with E-state index in [1.54, 1.807) is 30.3 Å². The summed E-state index contributed by atoms with van der Waals surface area (Å²) in [5, 5.41) is 13.8. The Hall–Kier alpha value is -3.56. The lowest BCUT2D eigenvalue weighted by atomic mass is 10.2. The number of anilines is 1. The van der Waals surface area contributed by atoms with E-state index in [2.05, 4.69) is 10.5 Å². The molecule has 8 nitrogen and oxygen atoms in total. The maximum absolute atomic E-state index is 13.4. The summed E-state index contributed by atoms with van der Waals surface area (Å²) in [7, 11) is -2.66. The van der Waals surface area contributed by atoms with E-state index in [4.69, 9.17) is 16.3 Å². The lowest BCUT2D eigenvalue weighted by Crippen LogP contribution is -2.39. The van der Waals surface area contributed by atoms with Gasteiger partial charge in [0.05, 0.1) is 28.9 Å². The highest BCUT2D eigenvalue weighted by molar-refractivity contribution is 7.92. The van der Waals surface area contributed by atoms with Crippen LogP contribution in [0.4, 0.5) is 5.69 Å². The van der Waals surface area contributed by atoms with Crippen LogP contribution in [-0.4, -0.2) is 39.3 Å². The molecular weight excluding hydrogens is 466 g/mol. The molecule has 2 N–H and O–H groups in total. The number of sulfonamides is 1. The lowest BCUT2D eigenvalue weighted by molar-refractivity contribution is -0.119. The first-order valence-corrected chi connectivity index (χ1v) is 11.6. The molecule has 0 spiro atoms. The monoisotopic (exact) mass is 487 g/mol. The second-order valence-electron chi connectivity index (χ2n) is 7.00. The van der Waals surface area contributed by atoms with Gasteiger partial charge in [-0.2, -0.15) is 5.10 Å². The molecular formula is C23H22ClN3O5S. The Kier molecular flexibility index (Phi) is 7.57. The van der Waals surface area contributed by atoms with Crippen molar-refractivity contribution in [2.75, 3.05) is 18.0 Å². The maximum Gasteiger partial charge on any atom is 0.264 e. The van der Waals surface area contributed by atoms with Crippen LogP contribution in [0.5, 0.6) is 11.5 Å². The maximum atomic E-state index is 13.4. The fraction of sp³-hybridized carbons (Fsp3) is 0.130. The second-order valence-corrected chi connectivity index (χ2v) is 9.27. The number of phenolic OH excluding ortho intramolecular Hbond substituents is 1. The fourth-order valence-electron chi connectivity index (χ4n) is 2.90. The van der Waals surface area contributed by atoms with Gasteiger partial charge < -0.3 is 9.84 Å². The molecule has 0 heterocycles. The molecule has 10 heteroatoms. The molecule has 3 aromatic carbocycles. The topological polar surface area (TPSA) is 108 Å². The number of halogens is 1. The second kappa shape index (κ2) is 10.4. The number of ether oxygens (including phenoxy) is 1. The van der Waals surface area contributed by atoms with Crippen LogP contribution in [0, 0.1) is 6.92 Å². The molecule has 0 radical (unpaired) electrons. The Morgan fingerprint density at radius 3 is 2.48 bits per heavy atom. The van der Waals surface area contributed by atoms with Crippen molar-refractivity contribution in [2.45, 2.75) is 11.8 Å². The number of methoxy groups -OCH3 is 1. The Morgan fingerprint density at radius 2 is 1.85 bits per heavy atom. The summed E-state index contributed by atoms with van der Waals surface area (Å²) >= 11 is 6.20. The van der Waals surface area contributed by atoms with Crippen molar-refractivity contribution in [3.8, 4) is 11.5 Å². The number of hydrogen-bond acceptors (Lipinski definition) is 6. The van der Waals surface area contributed by atoms with Gasteiger partial charge in [0, 0.05) is 5.56 Å². The zero-order chi connectivity index (χ0) is 24.0. The number of phenols is 1. The minimum atomic E-state index is -4.11. The zero-order valence-electron chi connectivity index (χ0n) is 17.9. The Bertz CT molecular complexity index is 1280. The van der Waals surface area contributed by atoms with Gasteiger partial charge in [-0.25, -0.2) is 13.8 Å². The molecule has 0 aliphatic carbocycles. The highest BCUT2D eigenvalue weighted by atomic mass is 35.5. The predicted molar refractivity (Wildman–Crippen MR) is 128 cm³/mol. The smallest absolute Gasteiger partial charge is 0.264 e. The van der Waals surface area contributed by atoms with Crippen molar-refractivity contribution < 1.29 is 23.1 Å². The van der Waals surface area contributed by atoms with E-state index in [1.165, 1.54) is 49.7 Å². The van der Waals surface area contributed by atoms with Gasteiger partial charge in [0.1, 0.15) is 18.0 Å². The molecule has 172 valence electrons. The zero-order valence-corrected chi connectivity index (χ0v) is 19.5. The number of hydrogen-bond donors (Lipinski definition) is 2. The largest absolute Gasteiger partial charge is 0.507 e. The third-order valence-corrected chi connectivity index (χ3v) is 6.73. The van der Waals surface area contributed by atoms with E-state index in [0.29, 0.717) is 11.3 Å². The Morgan fingerprint density at radius 1 is 1.15 bits per heavy atom. The average molecular weight is 488 g/mol. The number of carbonyl (C=O) groups excluding carboxylic acids is 1. The van der Waals surface area contributed by atoms with Crippen molar-refractivity contribution in [2.24, 2.45) is 5.10 Å². The number of nitrogens with zero attached hydrogens (tertiary/aromatic N) is 2. The number of aromatic hydroxyl groups is 1. The molecule has 0 aliphatic heterocycles. The first-order valence-electron chi connectivity index (χ1n) is 9.75. The van der Waals surface area contributed by atoms with Crippen molar-refractivity contribution >= 4 is 39.4 Å². The highest BCUT2D eigenvalue weighted by Gasteiger charge is 2.27. The van der Waals surface area contributed by atoms with Crippen LogP contribution in [0.25, 0.3) is 0 Å². The summed E-state index contributed by atoms with van der Waals surface area (Å²) in [4.78, 5) is 12.6. The normalized spacial score (nSPS) is 11.4. The minimum absolute atomic E-state index is 0.00745. The molecule has 3 rings (SSSR count). The highest BCUT2D eigenvalue weighted by Crippen LogP contribution is 2.32. The molecule has 0 bridgehead atoms. The van der Waals surface area contributed by atoms with Gasteiger partial charge in [-0.05, 0) is 49.4 Å². The first-order chi connectivity index (χ1) is 15.7. The summed E-state index contributed by atoms with van der Waals surface area (Å²) in [5.41, 5.74) is 3.75. The number of hydrazone groups is 1. The van der Waals surface area contributed by atoms with Crippen LogP contribution >= 0.6 is 11.6 Å². The van der Waals surface area contributed by atoms with Gasteiger partial charge in [0.25, 0.3) is 15.9 Å². The molecule has 0 saturated carbocycles. The number of rotatable bonds is 8. The summed E-state index contributed by atoms with van der Waals surface area (Å²) in [6, 6.07) is 17.1. The Labute approximate surface area is 197 Å². The van der Waals surface area contributed by atoms with E-state index in [1.807, 2.05) is 6.92 Å². The molecule has 0 fully saturated rings. The van der Waals surface area contributed by atoms with Gasteiger partial charge >= 0.3 is 0 Å². The van der Waals surface area contributed by atoms with E-state index in [0.717, 1.165) is 9.87 Å². The van der Waals surface area contributed by atoms with Crippen LogP contribution < -0.4 is 14.5 Å². The SMILES string of the molecule is COc1ccc(N(CC(=O)N/N=C\c2ccccc2O)S(=O)(=O)c2ccc(C)cc2)cc1Cl. The number of para-hydroxylation sites is 1. The molecule has 0 unspecified atom stereocenters. The molecule has 33 heavy (non-hydrogen) atoms. The summed E-state index contributed by atoms with van der Waals surface area (Å²) < 4.78 is 32.8. The van der Waals surface area contributed by atoms with Crippen molar-refractivity contribution in [1.82, 2.24) is 5.43 Å². The van der Waals surface area contributed by atoms with Crippen molar-refractivity contribution in [3.63, 3.8) is 0 Å². The molecule has 0 atom stereocenters. The fourth-order valence-corrected chi connectivity index (χ4v) is 4.56. The predicted octanol–water partition coefficient (Wildman–Crippen LogP) is 3.71. The number of benzene rings is 3. The van der Waals surface area contributed by atoms with Crippen LogP contribution in [0.1, 0.15) is 11.1 Å². The van der Waals surface area contributed by atoms with Crippen LogP contribution in [0.15, 0.2) is 76.7 Å². The third kappa shape index (κ3) is 5.82. The lowest BCUT2D eigenvalue weighted by Gasteiger charge is -2.24.